The van der Waals surface area contributed by atoms with Crippen LogP contribution in [-0.4, -0.2) is 25.4 Å². The topological polar surface area (TPSA) is 93.7 Å². The molecule has 6 nitrogen and oxygen atoms in total. The van der Waals surface area contributed by atoms with E-state index in [-0.39, 0.29) is 17.3 Å². The first kappa shape index (κ1) is 19.0. The SMILES string of the molecule is O=C(NCc1ccc([S+]([O-])c2cc(F)cc(F)c2)cn1)c1cc2cnccc2[nH]1. The Labute approximate surface area is 167 Å². The number of hydrogen-bond donors (Lipinski definition) is 2. The van der Waals surface area contributed by atoms with Crippen LogP contribution in [0.15, 0.2) is 70.8 Å². The molecule has 0 aliphatic heterocycles. The maximum atomic E-state index is 13.3. The van der Waals surface area contributed by atoms with Gasteiger partial charge in [0.1, 0.15) is 17.3 Å². The lowest BCUT2D eigenvalue weighted by Gasteiger charge is -2.10. The van der Waals surface area contributed by atoms with Gasteiger partial charge in [-0.25, -0.2) is 8.78 Å². The zero-order valence-corrected chi connectivity index (χ0v) is 15.7. The van der Waals surface area contributed by atoms with Gasteiger partial charge in [0.25, 0.3) is 5.91 Å². The minimum atomic E-state index is -1.77. The van der Waals surface area contributed by atoms with Crippen molar-refractivity contribution in [1.29, 1.82) is 0 Å². The molecule has 1 atom stereocenters. The first-order valence-corrected chi connectivity index (χ1v) is 9.68. The Hall–Kier alpha value is -3.30. The number of aromatic amines is 1. The van der Waals surface area contributed by atoms with Gasteiger partial charge in [0, 0.05) is 52.7 Å². The quantitative estimate of drug-likeness (QED) is 0.492. The Morgan fingerprint density at radius 2 is 1.86 bits per heavy atom. The molecular formula is C20H14F2N4O2S. The number of hydrogen-bond acceptors (Lipinski definition) is 4. The Kier molecular flexibility index (Phi) is 5.24. The van der Waals surface area contributed by atoms with Gasteiger partial charge in [-0.3, -0.25) is 14.8 Å². The van der Waals surface area contributed by atoms with E-state index in [4.69, 9.17) is 0 Å². The lowest BCUT2D eigenvalue weighted by atomic mass is 10.3. The van der Waals surface area contributed by atoms with Gasteiger partial charge >= 0.3 is 0 Å². The highest BCUT2D eigenvalue weighted by molar-refractivity contribution is 7.91. The van der Waals surface area contributed by atoms with Crippen molar-refractivity contribution < 1.29 is 18.1 Å². The molecule has 0 aliphatic rings. The molecule has 146 valence electrons. The second kappa shape index (κ2) is 7.98. The molecule has 0 aliphatic carbocycles. The number of H-pyrrole nitrogens is 1. The van der Waals surface area contributed by atoms with Crippen LogP contribution in [0.5, 0.6) is 0 Å². The van der Waals surface area contributed by atoms with E-state index in [1.54, 1.807) is 36.7 Å². The normalized spacial score (nSPS) is 12.1. The van der Waals surface area contributed by atoms with Crippen molar-refractivity contribution in [3.8, 4) is 0 Å². The Bertz CT molecular complexity index is 1130. The molecule has 0 saturated heterocycles. The van der Waals surface area contributed by atoms with Crippen molar-refractivity contribution in [1.82, 2.24) is 20.3 Å². The lowest BCUT2D eigenvalue weighted by molar-refractivity contribution is 0.0946. The number of aromatic nitrogens is 3. The molecule has 3 heterocycles. The zero-order valence-electron chi connectivity index (χ0n) is 14.9. The largest absolute Gasteiger partial charge is 0.606 e. The van der Waals surface area contributed by atoms with Gasteiger partial charge < -0.3 is 14.9 Å². The number of amides is 1. The van der Waals surface area contributed by atoms with E-state index < -0.39 is 22.8 Å². The second-order valence-electron chi connectivity index (χ2n) is 6.19. The number of nitrogens with zero attached hydrogens (tertiary/aromatic N) is 2. The molecule has 0 bridgehead atoms. The number of carbonyl (C=O) groups is 1. The average Bonchev–Trinajstić information content (AvgIpc) is 3.15. The van der Waals surface area contributed by atoms with Crippen LogP contribution >= 0.6 is 0 Å². The number of halogens is 2. The summed E-state index contributed by atoms with van der Waals surface area (Å²) in [6, 6.07) is 9.37. The number of carbonyl (C=O) groups excluding carboxylic acids is 1. The lowest BCUT2D eigenvalue weighted by Crippen LogP contribution is -2.23. The molecule has 1 aromatic carbocycles. The van der Waals surface area contributed by atoms with E-state index in [0.29, 0.717) is 22.3 Å². The van der Waals surface area contributed by atoms with Crippen molar-refractivity contribution in [2.75, 3.05) is 0 Å². The smallest absolute Gasteiger partial charge is 0.268 e. The minimum Gasteiger partial charge on any atom is -0.606 e. The van der Waals surface area contributed by atoms with Gasteiger partial charge in [-0.15, -0.1) is 0 Å². The third kappa shape index (κ3) is 4.25. The van der Waals surface area contributed by atoms with E-state index in [0.717, 1.165) is 23.0 Å². The molecule has 4 aromatic rings. The highest BCUT2D eigenvalue weighted by Gasteiger charge is 2.18. The fourth-order valence-corrected chi connectivity index (χ4v) is 3.81. The van der Waals surface area contributed by atoms with E-state index in [1.807, 2.05) is 0 Å². The van der Waals surface area contributed by atoms with Crippen molar-refractivity contribution in [2.45, 2.75) is 16.3 Å². The Morgan fingerprint density at radius 3 is 2.55 bits per heavy atom. The van der Waals surface area contributed by atoms with E-state index in [9.17, 15) is 18.1 Å². The maximum absolute atomic E-state index is 13.3. The van der Waals surface area contributed by atoms with Gasteiger partial charge in [-0.1, -0.05) is 0 Å². The first-order chi connectivity index (χ1) is 14.0. The van der Waals surface area contributed by atoms with Crippen LogP contribution in [0.2, 0.25) is 0 Å². The predicted octanol–water partition coefficient (Wildman–Crippen LogP) is 3.33. The number of fused-ring (bicyclic) bond motifs is 1. The summed E-state index contributed by atoms with van der Waals surface area (Å²) in [5.74, 6) is -1.90. The van der Waals surface area contributed by atoms with Crippen molar-refractivity contribution in [2.24, 2.45) is 0 Å². The van der Waals surface area contributed by atoms with Crippen LogP contribution in [0.25, 0.3) is 10.9 Å². The summed E-state index contributed by atoms with van der Waals surface area (Å²) >= 11 is -1.77. The summed E-state index contributed by atoms with van der Waals surface area (Å²) < 4.78 is 39.1. The van der Waals surface area contributed by atoms with Gasteiger partial charge in [0.15, 0.2) is 9.79 Å². The maximum Gasteiger partial charge on any atom is 0.268 e. The van der Waals surface area contributed by atoms with Crippen LogP contribution in [0, 0.1) is 11.6 Å². The summed E-state index contributed by atoms with van der Waals surface area (Å²) in [6.07, 6.45) is 4.65. The van der Waals surface area contributed by atoms with Crippen LogP contribution in [0.4, 0.5) is 8.78 Å². The molecule has 0 spiro atoms. The van der Waals surface area contributed by atoms with Crippen LogP contribution in [0.3, 0.4) is 0 Å². The second-order valence-corrected chi connectivity index (χ2v) is 7.67. The third-order valence-corrected chi connectivity index (χ3v) is 5.49. The van der Waals surface area contributed by atoms with Crippen LogP contribution in [0.1, 0.15) is 16.2 Å². The molecule has 0 fully saturated rings. The third-order valence-electron chi connectivity index (χ3n) is 4.16. The van der Waals surface area contributed by atoms with Crippen molar-refractivity contribution in [3.05, 3.63) is 84.1 Å². The van der Waals surface area contributed by atoms with Crippen molar-refractivity contribution in [3.63, 3.8) is 0 Å². The zero-order chi connectivity index (χ0) is 20.4. The Balaban J connectivity index is 1.42. The monoisotopic (exact) mass is 412 g/mol. The molecule has 1 unspecified atom stereocenters. The first-order valence-electron chi connectivity index (χ1n) is 8.53. The van der Waals surface area contributed by atoms with E-state index >= 15 is 0 Å². The number of pyridine rings is 2. The van der Waals surface area contributed by atoms with E-state index in [1.165, 1.54) is 6.20 Å². The summed E-state index contributed by atoms with van der Waals surface area (Å²) in [7, 11) is 0. The van der Waals surface area contributed by atoms with E-state index in [2.05, 4.69) is 20.3 Å². The molecule has 0 radical (unpaired) electrons. The molecule has 4 rings (SSSR count). The summed E-state index contributed by atoms with van der Waals surface area (Å²) in [5, 5.41) is 3.57. The van der Waals surface area contributed by atoms with Gasteiger partial charge in [-0.2, -0.15) is 0 Å². The number of rotatable bonds is 5. The molecule has 29 heavy (non-hydrogen) atoms. The van der Waals surface area contributed by atoms with Gasteiger partial charge in [0.2, 0.25) is 0 Å². The molecule has 1 amide bonds. The summed E-state index contributed by atoms with van der Waals surface area (Å²) in [6.45, 7) is 0.161. The van der Waals surface area contributed by atoms with Gasteiger partial charge in [0.05, 0.1) is 18.4 Å². The molecular weight excluding hydrogens is 398 g/mol. The molecule has 2 N–H and O–H groups in total. The predicted molar refractivity (Wildman–Crippen MR) is 103 cm³/mol. The molecule has 3 aromatic heterocycles. The van der Waals surface area contributed by atoms with Crippen molar-refractivity contribution >= 4 is 28.0 Å². The highest BCUT2D eigenvalue weighted by atomic mass is 32.2. The standard InChI is InChI=1S/C20H14F2N4O2S/c21-13-6-14(22)8-17(7-13)29(28)16-2-1-15(24-11-16)10-25-20(27)19-5-12-9-23-4-3-18(12)26-19/h1-9,11,26H,10H2,(H,25,27). The summed E-state index contributed by atoms with van der Waals surface area (Å²) in [4.78, 5) is 23.8. The average molecular weight is 412 g/mol. The fraction of sp³-hybridized carbons (Fsp3) is 0.0500. The number of benzene rings is 1. The molecule has 9 heteroatoms. The van der Waals surface area contributed by atoms with Gasteiger partial charge in [-0.05, 0) is 24.3 Å². The minimum absolute atomic E-state index is 0.0126. The highest BCUT2D eigenvalue weighted by Crippen LogP contribution is 2.22. The number of nitrogens with one attached hydrogen (secondary N) is 2. The Morgan fingerprint density at radius 1 is 1.07 bits per heavy atom. The fourth-order valence-electron chi connectivity index (χ4n) is 2.76. The molecule has 0 saturated carbocycles. The van der Waals surface area contributed by atoms with Crippen LogP contribution in [-0.2, 0) is 17.7 Å². The van der Waals surface area contributed by atoms with Crippen LogP contribution < -0.4 is 5.32 Å². The summed E-state index contributed by atoms with van der Waals surface area (Å²) in [5.41, 5.74) is 1.75.